The predicted octanol–water partition coefficient (Wildman–Crippen LogP) is 0.985. The quantitative estimate of drug-likeness (QED) is 0.814. The van der Waals surface area contributed by atoms with Crippen molar-refractivity contribution in [2.75, 3.05) is 6.54 Å². The van der Waals surface area contributed by atoms with Crippen LogP contribution in [0.4, 0.5) is 0 Å². The molecule has 2 N–H and O–H groups in total. The summed E-state index contributed by atoms with van der Waals surface area (Å²) >= 11 is 0. The largest absolute Gasteiger partial charge is 0.481 e. The van der Waals surface area contributed by atoms with E-state index in [1.807, 2.05) is 0 Å². The molecule has 1 fully saturated rings. The molecule has 1 aromatic rings. The summed E-state index contributed by atoms with van der Waals surface area (Å²) in [4.78, 5) is 26.8. The molecule has 2 rings (SSSR count). The van der Waals surface area contributed by atoms with Crippen molar-refractivity contribution in [3.05, 3.63) is 29.6 Å². The van der Waals surface area contributed by atoms with Crippen LogP contribution in [0.2, 0.25) is 0 Å². The van der Waals surface area contributed by atoms with Crippen LogP contribution in [0.15, 0.2) is 18.3 Å². The number of pyridine rings is 1. The molecule has 90 valence electrons. The van der Waals surface area contributed by atoms with Crippen LogP contribution in [0, 0.1) is 12.3 Å². The molecule has 1 amide bonds. The van der Waals surface area contributed by atoms with Gasteiger partial charge in [0.25, 0.3) is 5.91 Å². The average Bonchev–Trinajstić information content (AvgIpc) is 3.07. The van der Waals surface area contributed by atoms with Crippen molar-refractivity contribution in [2.45, 2.75) is 19.8 Å². The van der Waals surface area contributed by atoms with Crippen molar-refractivity contribution < 1.29 is 14.7 Å². The smallest absolute Gasteiger partial charge is 0.311 e. The molecule has 5 heteroatoms. The Hall–Kier alpha value is -1.91. The molecule has 1 aliphatic carbocycles. The molecule has 0 spiro atoms. The van der Waals surface area contributed by atoms with E-state index >= 15 is 0 Å². The first-order chi connectivity index (χ1) is 8.05. The lowest BCUT2D eigenvalue weighted by Gasteiger charge is -2.11. The number of aromatic nitrogens is 1. The molecule has 5 nitrogen and oxygen atoms in total. The number of hydrogen-bond acceptors (Lipinski definition) is 3. The molecule has 1 heterocycles. The predicted molar refractivity (Wildman–Crippen MR) is 60.6 cm³/mol. The van der Waals surface area contributed by atoms with Crippen LogP contribution >= 0.6 is 0 Å². The minimum Gasteiger partial charge on any atom is -0.481 e. The summed E-state index contributed by atoms with van der Waals surface area (Å²) in [6, 6.07) is 3.37. The molecule has 0 aromatic carbocycles. The molecule has 1 aliphatic rings. The number of carboxylic acids is 1. The van der Waals surface area contributed by atoms with Crippen molar-refractivity contribution in [1.82, 2.24) is 10.3 Å². The third kappa shape index (κ3) is 2.27. The minimum absolute atomic E-state index is 0.190. The summed E-state index contributed by atoms with van der Waals surface area (Å²) in [5, 5.41) is 11.6. The van der Waals surface area contributed by atoms with E-state index in [1.54, 1.807) is 25.3 Å². The molecular formula is C12H14N2O3. The maximum absolute atomic E-state index is 11.8. The van der Waals surface area contributed by atoms with E-state index in [0.29, 0.717) is 24.1 Å². The first-order valence-corrected chi connectivity index (χ1v) is 5.48. The van der Waals surface area contributed by atoms with Crippen LogP contribution in [-0.4, -0.2) is 28.5 Å². The Morgan fingerprint density at radius 3 is 2.76 bits per heavy atom. The highest BCUT2D eigenvalue weighted by molar-refractivity contribution is 5.95. The molecule has 0 unspecified atom stereocenters. The normalized spacial score (nSPS) is 16.3. The van der Waals surface area contributed by atoms with Crippen LogP contribution in [-0.2, 0) is 4.79 Å². The van der Waals surface area contributed by atoms with Gasteiger partial charge in [-0.1, -0.05) is 0 Å². The van der Waals surface area contributed by atoms with Crippen LogP contribution in [0.25, 0.3) is 0 Å². The number of rotatable bonds is 4. The van der Waals surface area contributed by atoms with Gasteiger partial charge in [-0.25, -0.2) is 0 Å². The number of nitrogens with zero attached hydrogens (tertiary/aromatic N) is 1. The zero-order valence-corrected chi connectivity index (χ0v) is 9.56. The number of carboxylic acid groups (broad SMARTS) is 1. The Balaban J connectivity index is 1.99. The lowest BCUT2D eigenvalue weighted by molar-refractivity contribution is -0.143. The number of aliphatic carboxylic acids is 1. The molecule has 0 radical (unpaired) electrons. The monoisotopic (exact) mass is 234 g/mol. The summed E-state index contributed by atoms with van der Waals surface area (Å²) < 4.78 is 0. The van der Waals surface area contributed by atoms with Gasteiger partial charge < -0.3 is 10.4 Å². The summed E-state index contributed by atoms with van der Waals surface area (Å²) in [6.07, 6.45) is 2.88. The molecule has 0 aliphatic heterocycles. The second-order valence-electron chi connectivity index (χ2n) is 4.40. The second kappa shape index (κ2) is 4.16. The first kappa shape index (κ1) is 11.6. The Kier molecular flexibility index (Phi) is 2.83. The van der Waals surface area contributed by atoms with Gasteiger partial charge in [-0.3, -0.25) is 14.6 Å². The number of amides is 1. The van der Waals surface area contributed by atoms with Gasteiger partial charge in [0, 0.05) is 18.4 Å². The van der Waals surface area contributed by atoms with Gasteiger partial charge in [-0.05, 0) is 31.9 Å². The van der Waals surface area contributed by atoms with Crippen molar-refractivity contribution in [3.63, 3.8) is 0 Å². The number of aryl methyl sites for hydroxylation is 1. The van der Waals surface area contributed by atoms with Gasteiger partial charge in [0.1, 0.15) is 0 Å². The lowest BCUT2D eigenvalue weighted by Crippen LogP contribution is -2.34. The highest BCUT2D eigenvalue weighted by Gasteiger charge is 2.50. The molecule has 1 aromatic heterocycles. The lowest BCUT2D eigenvalue weighted by atomic mass is 10.1. The van der Waals surface area contributed by atoms with Crippen molar-refractivity contribution >= 4 is 11.9 Å². The van der Waals surface area contributed by atoms with Crippen molar-refractivity contribution in [2.24, 2.45) is 5.41 Å². The van der Waals surface area contributed by atoms with Crippen LogP contribution in [0.1, 0.15) is 28.9 Å². The Morgan fingerprint density at radius 1 is 1.53 bits per heavy atom. The van der Waals surface area contributed by atoms with E-state index in [-0.39, 0.29) is 12.5 Å². The molecule has 17 heavy (non-hydrogen) atoms. The van der Waals surface area contributed by atoms with Gasteiger partial charge in [-0.2, -0.15) is 0 Å². The zero-order chi connectivity index (χ0) is 12.5. The third-order valence-electron chi connectivity index (χ3n) is 3.15. The van der Waals surface area contributed by atoms with E-state index in [9.17, 15) is 9.59 Å². The van der Waals surface area contributed by atoms with Gasteiger partial charge in [-0.15, -0.1) is 0 Å². The van der Waals surface area contributed by atoms with E-state index in [0.717, 1.165) is 0 Å². The zero-order valence-electron chi connectivity index (χ0n) is 9.56. The van der Waals surface area contributed by atoms with Gasteiger partial charge >= 0.3 is 5.97 Å². The van der Waals surface area contributed by atoms with E-state index in [2.05, 4.69) is 10.3 Å². The fourth-order valence-corrected chi connectivity index (χ4v) is 1.69. The fourth-order valence-electron chi connectivity index (χ4n) is 1.69. The topological polar surface area (TPSA) is 79.3 Å². The summed E-state index contributed by atoms with van der Waals surface area (Å²) in [7, 11) is 0. The van der Waals surface area contributed by atoms with Crippen LogP contribution < -0.4 is 5.32 Å². The number of hydrogen-bond donors (Lipinski definition) is 2. The Morgan fingerprint density at radius 2 is 2.24 bits per heavy atom. The van der Waals surface area contributed by atoms with Gasteiger partial charge in [0.05, 0.1) is 11.0 Å². The standard InChI is InChI=1S/C12H14N2O3/c1-8-9(3-2-6-13-8)10(15)14-7-12(4-5-12)11(16)17/h2-3,6H,4-5,7H2,1H3,(H,14,15)(H,16,17). The average molecular weight is 234 g/mol. The maximum atomic E-state index is 11.8. The van der Waals surface area contributed by atoms with Gasteiger partial charge in [0.2, 0.25) is 0 Å². The summed E-state index contributed by atoms with van der Waals surface area (Å²) in [6.45, 7) is 1.94. The van der Waals surface area contributed by atoms with Crippen molar-refractivity contribution in [3.8, 4) is 0 Å². The third-order valence-corrected chi connectivity index (χ3v) is 3.15. The molecule has 1 saturated carbocycles. The van der Waals surface area contributed by atoms with E-state index in [4.69, 9.17) is 5.11 Å². The summed E-state index contributed by atoms with van der Waals surface area (Å²) in [5.41, 5.74) is 0.407. The van der Waals surface area contributed by atoms with Crippen molar-refractivity contribution in [1.29, 1.82) is 0 Å². The number of carbonyl (C=O) groups is 2. The molecular weight excluding hydrogens is 220 g/mol. The first-order valence-electron chi connectivity index (χ1n) is 5.48. The van der Waals surface area contributed by atoms with Gasteiger partial charge in [0.15, 0.2) is 0 Å². The molecule has 0 bridgehead atoms. The Labute approximate surface area is 98.9 Å². The van der Waals surface area contributed by atoms with Crippen LogP contribution in [0.5, 0.6) is 0 Å². The van der Waals surface area contributed by atoms with Crippen LogP contribution in [0.3, 0.4) is 0 Å². The minimum atomic E-state index is -0.833. The molecule has 0 atom stereocenters. The van der Waals surface area contributed by atoms with E-state index < -0.39 is 11.4 Å². The summed E-state index contributed by atoms with van der Waals surface area (Å²) in [5.74, 6) is -1.09. The SMILES string of the molecule is Cc1ncccc1C(=O)NCC1(C(=O)O)CC1. The number of nitrogens with one attached hydrogen (secondary N) is 1. The number of carbonyl (C=O) groups excluding carboxylic acids is 1. The maximum Gasteiger partial charge on any atom is 0.311 e. The Bertz CT molecular complexity index is 467. The second-order valence-corrected chi connectivity index (χ2v) is 4.40. The fraction of sp³-hybridized carbons (Fsp3) is 0.417. The van der Waals surface area contributed by atoms with E-state index in [1.165, 1.54) is 0 Å². The highest BCUT2D eigenvalue weighted by Crippen LogP contribution is 2.45. The highest BCUT2D eigenvalue weighted by atomic mass is 16.4. The molecule has 0 saturated heterocycles.